The van der Waals surface area contributed by atoms with E-state index >= 15 is 0 Å². The number of sulfonamides is 1. The third-order valence-electron chi connectivity index (χ3n) is 4.10. The minimum Gasteiger partial charge on any atom is -0.339 e. The molecule has 0 spiro atoms. The van der Waals surface area contributed by atoms with E-state index in [1.807, 2.05) is 6.92 Å². The Kier molecular flexibility index (Phi) is 4.98. The van der Waals surface area contributed by atoms with Crippen molar-refractivity contribution < 1.29 is 13.2 Å². The van der Waals surface area contributed by atoms with E-state index in [1.54, 1.807) is 17.0 Å². The number of benzene rings is 1. The monoisotopic (exact) mass is 360 g/mol. The molecule has 8 heteroatoms. The Labute approximate surface area is 147 Å². The average Bonchev–Trinajstić information content (AvgIpc) is 2.62. The van der Waals surface area contributed by atoms with Crippen LogP contribution in [0.4, 0.5) is 5.95 Å². The lowest BCUT2D eigenvalue weighted by molar-refractivity contribution is 0.0723. The maximum absolute atomic E-state index is 12.4. The molecule has 7 nitrogen and oxygen atoms in total. The van der Waals surface area contributed by atoms with E-state index in [2.05, 4.69) is 14.7 Å². The van der Waals surface area contributed by atoms with Crippen LogP contribution in [0, 0.1) is 6.92 Å². The lowest BCUT2D eigenvalue weighted by atomic mass is 10.1. The van der Waals surface area contributed by atoms with Gasteiger partial charge in [0.2, 0.25) is 5.95 Å². The van der Waals surface area contributed by atoms with Crippen LogP contribution < -0.4 is 4.72 Å². The maximum Gasteiger partial charge on any atom is 0.264 e. The lowest BCUT2D eigenvalue weighted by Gasteiger charge is -2.26. The number of carbonyl (C=O) groups is 1. The van der Waals surface area contributed by atoms with Crippen molar-refractivity contribution in [1.82, 2.24) is 14.9 Å². The Morgan fingerprint density at radius 1 is 1.04 bits per heavy atom. The highest BCUT2D eigenvalue weighted by Gasteiger charge is 2.20. The van der Waals surface area contributed by atoms with Crippen molar-refractivity contribution in [2.45, 2.75) is 31.1 Å². The number of nitrogens with zero attached hydrogens (tertiary/aromatic N) is 3. The Hall–Kier alpha value is -2.48. The molecule has 1 fully saturated rings. The third kappa shape index (κ3) is 4.14. The fourth-order valence-corrected chi connectivity index (χ4v) is 3.63. The van der Waals surface area contributed by atoms with Crippen molar-refractivity contribution in [3.8, 4) is 0 Å². The summed E-state index contributed by atoms with van der Waals surface area (Å²) in [6.07, 6.45) is 5.86. The highest BCUT2D eigenvalue weighted by Crippen LogP contribution is 2.15. The van der Waals surface area contributed by atoms with E-state index in [4.69, 9.17) is 0 Å². The van der Waals surface area contributed by atoms with Gasteiger partial charge in [-0.1, -0.05) is 17.7 Å². The van der Waals surface area contributed by atoms with Crippen LogP contribution in [0.5, 0.6) is 0 Å². The van der Waals surface area contributed by atoms with Crippen LogP contribution in [0.15, 0.2) is 41.6 Å². The molecule has 1 aromatic heterocycles. The summed E-state index contributed by atoms with van der Waals surface area (Å²) in [5.41, 5.74) is 1.33. The molecule has 1 amide bonds. The van der Waals surface area contributed by atoms with Crippen LogP contribution in [-0.4, -0.2) is 42.3 Å². The largest absolute Gasteiger partial charge is 0.339 e. The van der Waals surface area contributed by atoms with Gasteiger partial charge in [-0.3, -0.25) is 4.79 Å². The number of aryl methyl sites for hydroxylation is 1. The first-order valence-corrected chi connectivity index (χ1v) is 9.65. The minimum atomic E-state index is -3.75. The molecule has 1 saturated heterocycles. The van der Waals surface area contributed by atoms with Crippen LogP contribution in [-0.2, 0) is 10.0 Å². The standard InChI is InChI=1S/C17H20N4O3S/c1-13-5-7-15(8-6-13)25(23,24)20-17-18-11-14(12-19-17)16(22)21-9-3-2-4-10-21/h5-8,11-12H,2-4,9-10H2,1H3,(H,18,19,20). The zero-order chi connectivity index (χ0) is 17.9. The van der Waals surface area contributed by atoms with Crippen molar-refractivity contribution in [2.24, 2.45) is 0 Å². The van der Waals surface area contributed by atoms with E-state index in [-0.39, 0.29) is 16.8 Å². The topological polar surface area (TPSA) is 92.3 Å². The van der Waals surface area contributed by atoms with Crippen molar-refractivity contribution in [2.75, 3.05) is 17.8 Å². The second-order valence-corrected chi connectivity index (χ2v) is 7.75. The summed E-state index contributed by atoms with van der Waals surface area (Å²) in [5.74, 6) is -0.177. The minimum absolute atomic E-state index is 0.0595. The highest BCUT2D eigenvalue weighted by molar-refractivity contribution is 7.92. The molecular weight excluding hydrogens is 340 g/mol. The summed E-state index contributed by atoms with van der Waals surface area (Å²) in [7, 11) is -3.75. The fourth-order valence-electron chi connectivity index (χ4n) is 2.67. The first-order chi connectivity index (χ1) is 12.0. The molecule has 25 heavy (non-hydrogen) atoms. The number of hydrogen-bond donors (Lipinski definition) is 1. The molecule has 2 aromatic rings. The Morgan fingerprint density at radius 3 is 2.24 bits per heavy atom. The SMILES string of the molecule is Cc1ccc(S(=O)(=O)Nc2ncc(C(=O)N3CCCCC3)cn2)cc1. The Morgan fingerprint density at radius 2 is 1.64 bits per heavy atom. The molecule has 1 N–H and O–H groups in total. The fraction of sp³-hybridized carbons (Fsp3) is 0.353. The van der Waals surface area contributed by atoms with Gasteiger partial charge in [-0.2, -0.15) is 0 Å². The molecular formula is C17H20N4O3S. The number of hydrogen-bond acceptors (Lipinski definition) is 5. The Bertz CT molecular complexity index is 842. The zero-order valence-corrected chi connectivity index (χ0v) is 14.8. The number of amides is 1. The highest BCUT2D eigenvalue weighted by atomic mass is 32.2. The normalized spacial score (nSPS) is 15.0. The quantitative estimate of drug-likeness (QED) is 0.902. The van der Waals surface area contributed by atoms with E-state index in [0.717, 1.165) is 37.9 Å². The van der Waals surface area contributed by atoms with Crippen LogP contribution >= 0.6 is 0 Å². The van der Waals surface area contributed by atoms with Crippen LogP contribution in [0.1, 0.15) is 35.2 Å². The van der Waals surface area contributed by atoms with Crippen LogP contribution in [0.2, 0.25) is 0 Å². The number of aromatic nitrogens is 2. The number of likely N-dealkylation sites (tertiary alicyclic amines) is 1. The molecule has 0 unspecified atom stereocenters. The van der Waals surface area contributed by atoms with E-state index in [9.17, 15) is 13.2 Å². The van der Waals surface area contributed by atoms with Gasteiger partial charge in [0.25, 0.3) is 15.9 Å². The molecule has 0 atom stereocenters. The van der Waals surface area contributed by atoms with E-state index < -0.39 is 10.0 Å². The molecule has 0 aliphatic carbocycles. The number of carbonyl (C=O) groups excluding carboxylic acids is 1. The van der Waals surface area contributed by atoms with Gasteiger partial charge in [0.15, 0.2) is 0 Å². The summed E-state index contributed by atoms with van der Waals surface area (Å²) < 4.78 is 27.0. The van der Waals surface area contributed by atoms with Crippen LogP contribution in [0.25, 0.3) is 0 Å². The van der Waals surface area contributed by atoms with Crippen molar-refractivity contribution in [3.63, 3.8) is 0 Å². The van der Waals surface area contributed by atoms with Crippen LogP contribution in [0.3, 0.4) is 0 Å². The molecule has 0 saturated carbocycles. The average molecular weight is 360 g/mol. The molecule has 0 radical (unpaired) electrons. The van der Waals surface area contributed by atoms with E-state index in [1.165, 1.54) is 24.5 Å². The second-order valence-electron chi connectivity index (χ2n) is 6.07. The molecule has 1 aliphatic heterocycles. The zero-order valence-electron chi connectivity index (χ0n) is 14.0. The van der Waals surface area contributed by atoms with Crippen molar-refractivity contribution in [3.05, 3.63) is 47.8 Å². The molecule has 2 heterocycles. The summed E-state index contributed by atoms with van der Waals surface area (Å²) in [4.78, 5) is 22.2. The lowest BCUT2D eigenvalue weighted by Crippen LogP contribution is -2.35. The predicted octanol–water partition coefficient (Wildman–Crippen LogP) is 2.21. The smallest absolute Gasteiger partial charge is 0.264 e. The molecule has 3 rings (SSSR count). The predicted molar refractivity (Wildman–Crippen MR) is 93.8 cm³/mol. The van der Waals surface area contributed by atoms with Gasteiger partial charge in [-0.15, -0.1) is 0 Å². The van der Waals surface area contributed by atoms with E-state index in [0.29, 0.717) is 5.56 Å². The van der Waals surface area contributed by atoms with Gasteiger partial charge in [0.1, 0.15) is 0 Å². The molecule has 1 aliphatic rings. The number of rotatable bonds is 4. The summed E-state index contributed by atoms with van der Waals surface area (Å²) in [5, 5.41) is 0. The molecule has 0 bridgehead atoms. The number of piperidine rings is 1. The number of nitrogens with one attached hydrogen (secondary N) is 1. The van der Waals surface area contributed by atoms with Crippen molar-refractivity contribution >= 4 is 21.9 Å². The molecule has 132 valence electrons. The van der Waals surface area contributed by atoms with Crippen molar-refractivity contribution in [1.29, 1.82) is 0 Å². The van der Waals surface area contributed by atoms with Gasteiger partial charge in [0.05, 0.1) is 10.5 Å². The van der Waals surface area contributed by atoms with Gasteiger partial charge < -0.3 is 4.90 Å². The van der Waals surface area contributed by atoms with Gasteiger partial charge in [-0.05, 0) is 38.3 Å². The second kappa shape index (κ2) is 7.18. The molecule has 1 aromatic carbocycles. The first-order valence-electron chi connectivity index (χ1n) is 8.16. The summed E-state index contributed by atoms with van der Waals surface area (Å²) in [6.45, 7) is 3.35. The third-order valence-corrected chi connectivity index (χ3v) is 5.44. The van der Waals surface area contributed by atoms with Gasteiger partial charge in [-0.25, -0.2) is 23.1 Å². The van der Waals surface area contributed by atoms with Gasteiger partial charge >= 0.3 is 0 Å². The first kappa shape index (κ1) is 17.3. The summed E-state index contributed by atoms with van der Waals surface area (Å²) in [6, 6.07) is 6.48. The van der Waals surface area contributed by atoms with Gasteiger partial charge in [0, 0.05) is 25.5 Å². The summed E-state index contributed by atoms with van der Waals surface area (Å²) >= 11 is 0. The maximum atomic E-state index is 12.4. The Balaban J connectivity index is 1.71. The number of anilines is 1.